The summed E-state index contributed by atoms with van der Waals surface area (Å²) in [6, 6.07) is 6.42. The SMILES string of the molecule is [2H]Cc1ccc(Cl)cc1-c1cnc(C(=O)CCC(=O)O)c(O)c1. The van der Waals surface area contributed by atoms with Crippen LogP contribution in [0.3, 0.4) is 0 Å². The van der Waals surface area contributed by atoms with Gasteiger partial charge in [-0.25, -0.2) is 4.98 Å². The van der Waals surface area contributed by atoms with Crippen LogP contribution in [-0.4, -0.2) is 26.9 Å². The van der Waals surface area contributed by atoms with Crippen LogP contribution in [0.25, 0.3) is 11.1 Å². The van der Waals surface area contributed by atoms with E-state index in [1.807, 2.05) is 0 Å². The lowest BCUT2D eigenvalue weighted by atomic mass is 10.0. The van der Waals surface area contributed by atoms with Crippen LogP contribution < -0.4 is 0 Å². The zero-order valence-corrected chi connectivity index (χ0v) is 12.3. The highest BCUT2D eigenvalue weighted by atomic mass is 35.5. The van der Waals surface area contributed by atoms with Crippen LogP contribution in [-0.2, 0) is 4.79 Å². The van der Waals surface area contributed by atoms with Crippen molar-refractivity contribution >= 4 is 23.4 Å². The molecule has 0 fully saturated rings. The highest BCUT2D eigenvalue weighted by Gasteiger charge is 2.16. The molecule has 2 aromatic rings. The van der Waals surface area contributed by atoms with E-state index < -0.39 is 11.8 Å². The van der Waals surface area contributed by atoms with Crippen molar-refractivity contribution in [3.63, 3.8) is 0 Å². The monoisotopic (exact) mass is 320 g/mol. The summed E-state index contributed by atoms with van der Waals surface area (Å²) in [7, 11) is 0. The minimum atomic E-state index is -1.09. The van der Waals surface area contributed by atoms with Gasteiger partial charge in [0.1, 0.15) is 11.4 Å². The van der Waals surface area contributed by atoms with Crippen molar-refractivity contribution < 1.29 is 21.2 Å². The molecule has 0 saturated heterocycles. The van der Waals surface area contributed by atoms with Gasteiger partial charge in [0.25, 0.3) is 0 Å². The normalized spacial score (nSPS) is 11.0. The average molecular weight is 321 g/mol. The number of halogens is 1. The number of carboxylic acid groups (broad SMARTS) is 1. The molecule has 2 rings (SSSR count). The molecular weight excluding hydrogens is 306 g/mol. The lowest BCUT2D eigenvalue weighted by Gasteiger charge is -2.09. The smallest absolute Gasteiger partial charge is 0.303 e. The molecule has 22 heavy (non-hydrogen) atoms. The second-order valence-corrected chi connectivity index (χ2v) is 5.15. The van der Waals surface area contributed by atoms with Crippen LogP contribution in [0, 0.1) is 6.90 Å². The number of hydrogen-bond acceptors (Lipinski definition) is 4. The standard InChI is InChI=1S/C16H14ClNO4/c1-9-2-3-11(17)7-12(9)10-6-14(20)16(18-8-10)13(19)4-5-15(21)22/h2-3,6-8,20H,4-5H2,1H3,(H,21,22)/i1D. The molecule has 1 heterocycles. The zero-order valence-electron chi connectivity index (χ0n) is 12.5. The van der Waals surface area contributed by atoms with E-state index in [0.29, 0.717) is 21.7 Å². The molecule has 0 unspecified atom stereocenters. The minimum Gasteiger partial charge on any atom is -0.506 e. The second kappa shape index (κ2) is 6.58. The first-order valence-corrected chi connectivity index (χ1v) is 6.82. The van der Waals surface area contributed by atoms with Crippen molar-refractivity contribution in [2.24, 2.45) is 0 Å². The average Bonchev–Trinajstić information content (AvgIpc) is 2.52. The number of aromatic nitrogens is 1. The maximum atomic E-state index is 11.9. The molecule has 1 aromatic heterocycles. The van der Waals surface area contributed by atoms with Crippen molar-refractivity contribution in [3.05, 3.63) is 46.7 Å². The Morgan fingerprint density at radius 3 is 2.73 bits per heavy atom. The molecule has 0 aliphatic heterocycles. The van der Waals surface area contributed by atoms with Crippen LogP contribution in [0.1, 0.15) is 30.3 Å². The van der Waals surface area contributed by atoms with Crippen molar-refractivity contribution in [1.29, 1.82) is 0 Å². The van der Waals surface area contributed by atoms with Crippen molar-refractivity contribution in [1.82, 2.24) is 4.98 Å². The zero-order chi connectivity index (χ0) is 17.0. The van der Waals surface area contributed by atoms with Crippen molar-refractivity contribution in [3.8, 4) is 16.9 Å². The number of pyridine rings is 1. The Balaban J connectivity index is 2.34. The first-order valence-electron chi connectivity index (χ1n) is 7.15. The molecule has 0 amide bonds. The maximum absolute atomic E-state index is 11.9. The minimum absolute atomic E-state index is 0.0343. The molecular formula is C16H14ClNO4. The van der Waals surface area contributed by atoms with Gasteiger partial charge in [0.05, 0.1) is 6.42 Å². The fraction of sp³-hybridized carbons (Fsp3) is 0.188. The van der Waals surface area contributed by atoms with Crippen LogP contribution in [0.5, 0.6) is 5.75 Å². The lowest BCUT2D eigenvalue weighted by molar-refractivity contribution is -0.136. The number of aromatic hydroxyl groups is 1. The van der Waals surface area contributed by atoms with E-state index in [-0.39, 0.29) is 31.2 Å². The van der Waals surface area contributed by atoms with Crippen LogP contribution in [0.4, 0.5) is 0 Å². The predicted octanol–water partition coefficient (Wildman–Crippen LogP) is 3.46. The molecule has 1 aromatic carbocycles. The fourth-order valence-corrected chi connectivity index (χ4v) is 2.14. The van der Waals surface area contributed by atoms with E-state index >= 15 is 0 Å². The first kappa shape index (κ1) is 14.5. The summed E-state index contributed by atoms with van der Waals surface area (Å²) in [6.07, 6.45) is 0.849. The molecule has 0 atom stereocenters. The van der Waals surface area contributed by atoms with Gasteiger partial charge in [-0.05, 0) is 36.2 Å². The van der Waals surface area contributed by atoms with Gasteiger partial charge < -0.3 is 10.2 Å². The largest absolute Gasteiger partial charge is 0.506 e. The number of carboxylic acids is 1. The third kappa shape index (κ3) is 3.62. The summed E-state index contributed by atoms with van der Waals surface area (Å²) in [5.41, 5.74) is 1.73. The molecule has 5 nitrogen and oxygen atoms in total. The molecule has 6 heteroatoms. The summed E-state index contributed by atoms with van der Waals surface area (Å²) >= 11 is 5.96. The quantitative estimate of drug-likeness (QED) is 0.824. The Kier molecular flexibility index (Phi) is 4.34. The molecule has 0 bridgehead atoms. The molecule has 0 radical (unpaired) electrons. The number of rotatable bonds is 5. The van der Waals surface area contributed by atoms with Gasteiger partial charge in [-0.1, -0.05) is 17.7 Å². The molecule has 2 N–H and O–H groups in total. The van der Waals surface area contributed by atoms with Gasteiger partial charge in [-0.2, -0.15) is 0 Å². The fourth-order valence-electron chi connectivity index (χ4n) is 1.97. The van der Waals surface area contributed by atoms with E-state index in [9.17, 15) is 14.7 Å². The number of aryl methyl sites for hydroxylation is 1. The number of carbonyl (C=O) groups is 2. The van der Waals surface area contributed by atoms with Crippen molar-refractivity contribution in [2.75, 3.05) is 0 Å². The van der Waals surface area contributed by atoms with Gasteiger partial charge in [-0.3, -0.25) is 9.59 Å². The summed E-state index contributed by atoms with van der Waals surface area (Å²) in [6.45, 7) is 0.0343. The summed E-state index contributed by atoms with van der Waals surface area (Å²) in [5, 5.41) is 19.1. The number of nitrogens with zero attached hydrogens (tertiary/aromatic N) is 1. The number of ketones is 1. The Morgan fingerprint density at radius 2 is 2.09 bits per heavy atom. The topological polar surface area (TPSA) is 87.5 Å². The number of benzene rings is 1. The third-order valence-electron chi connectivity index (χ3n) is 3.08. The molecule has 0 aliphatic rings. The number of carbonyl (C=O) groups excluding carboxylic acids is 1. The third-order valence-corrected chi connectivity index (χ3v) is 3.32. The second-order valence-electron chi connectivity index (χ2n) is 4.71. The number of hydrogen-bond donors (Lipinski definition) is 2. The first-order chi connectivity index (χ1) is 10.9. The molecule has 0 aliphatic carbocycles. The van der Waals surface area contributed by atoms with Crippen LogP contribution >= 0.6 is 11.6 Å². The number of aliphatic carboxylic acids is 1. The Hall–Kier alpha value is -2.40. The van der Waals surface area contributed by atoms with E-state index in [1.165, 1.54) is 12.3 Å². The van der Waals surface area contributed by atoms with E-state index in [2.05, 4.69) is 4.98 Å². The highest BCUT2D eigenvalue weighted by molar-refractivity contribution is 6.30. The summed E-state index contributed by atoms with van der Waals surface area (Å²) < 4.78 is 7.53. The van der Waals surface area contributed by atoms with Crippen LogP contribution in [0.15, 0.2) is 30.5 Å². The Morgan fingerprint density at radius 1 is 1.32 bits per heavy atom. The Bertz CT molecular complexity index is 764. The van der Waals surface area contributed by atoms with E-state index in [1.54, 1.807) is 18.2 Å². The van der Waals surface area contributed by atoms with Gasteiger partial charge in [0.15, 0.2) is 5.78 Å². The van der Waals surface area contributed by atoms with Gasteiger partial charge in [0.2, 0.25) is 0 Å². The maximum Gasteiger partial charge on any atom is 0.303 e. The molecule has 0 saturated carbocycles. The van der Waals surface area contributed by atoms with Gasteiger partial charge in [0, 0.05) is 24.6 Å². The van der Waals surface area contributed by atoms with E-state index in [4.69, 9.17) is 18.1 Å². The van der Waals surface area contributed by atoms with E-state index in [0.717, 1.165) is 0 Å². The Labute approximate surface area is 133 Å². The number of Topliss-reactive ketones (excluding diaryl/α,β-unsaturated/α-hetero) is 1. The van der Waals surface area contributed by atoms with Gasteiger partial charge >= 0.3 is 5.97 Å². The van der Waals surface area contributed by atoms with Crippen molar-refractivity contribution in [2.45, 2.75) is 19.7 Å². The summed E-state index contributed by atoms with van der Waals surface area (Å²) in [4.78, 5) is 26.3. The summed E-state index contributed by atoms with van der Waals surface area (Å²) in [5.74, 6) is -1.95. The lowest BCUT2D eigenvalue weighted by Crippen LogP contribution is -2.06. The van der Waals surface area contributed by atoms with Gasteiger partial charge in [-0.15, -0.1) is 0 Å². The highest BCUT2D eigenvalue weighted by Crippen LogP contribution is 2.29. The molecule has 114 valence electrons. The molecule has 0 spiro atoms. The van der Waals surface area contributed by atoms with Crippen LogP contribution in [0.2, 0.25) is 5.02 Å². The predicted molar refractivity (Wildman–Crippen MR) is 82.3 cm³/mol.